The zero-order chi connectivity index (χ0) is 17.6. The Hall–Kier alpha value is -1.59. The van der Waals surface area contributed by atoms with Gasteiger partial charge in [-0.05, 0) is 12.3 Å². The van der Waals surface area contributed by atoms with Gasteiger partial charge in [0.1, 0.15) is 12.2 Å². The summed E-state index contributed by atoms with van der Waals surface area (Å²) in [5.41, 5.74) is 0. The van der Waals surface area contributed by atoms with Crippen molar-refractivity contribution in [2.24, 2.45) is 10.9 Å². The molecule has 0 saturated carbocycles. The number of hydrogen-bond acceptors (Lipinski definition) is 3. The Morgan fingerprint density at radius 1 is 1.21 bits per heavy atom. The maximum atomic E-state index is 4.30. The molecule has 0 aromatic carbocycles. The minimum Gasteiger partial charge on any atom is -0.356 e. The molecule has 1 atom stereocenters. The Balaban J connectivity index is 2.16. The monoisotopic (exact) mass is 336 g/mol. The van der Waals surface area contributed by atoms with Gasteiger partial charge in [-0.2, -0.15) is 0 Å². The van der Waals surface area contributed by atoms with Gasteiger partial charge in [0.15, 0.2) is 5.96 Å². The van der Waals surface area contributed by atoms with Gasteiger partial charge in [0, 0.05) is 33.1 Å². The molecule has 1 aromatic rings. The molecule has 0 spiro atoms. The number of aryl methyl sites for hydroxylation is 1. The van der Waals surface area contributed by atoms with Gasteiger partial charge >= 0.3 is 0 Å². The SMILES string of the molecule is CCCCCCCC(C)CNC(=NC)NCCn1cnnc1CC. The van der Waals surface area contributed by atoms with Crippen molar-refractivity contribution in [1.82, 2.24) is 25.4 Å². The normalized spacial score (nSPS) is 13.1. The zero-order valence-corrected chi connectivity index (χ0v) is 16.0. The van der Waals surface area contributed by atoms with E-state index in [4.69, 9.17) is 0 Å². The van der Waals surface area contributed by atoms with E-state index in [9.17, 15) is 0 Å². The molecule has 0 bridgehead atoms. The maximum absolute atomic E-state index is 4.30. The topological polar surface area (TPSA) is 67.1 Å². The summed E-state index contributed by atoms with van der Waals surface area (Å²) < 4.78 is 2.08. The number of aromatic nitrogens is 3. The van der Waals surface area contributed by atoms with E-state index in [1.807, 2.05) is 7.05 Å². The standard InChI is InChI=1S/C18H36N6/c1-5-7-8-9-10-11-16(3)14-21-18(19-4)20-12-13-24-15-22-23-17(24)6-2/h15-16H,5-14H2,1-4H3,(H2,19,20,21). The van der Waals surface area contributed by atoms with Gasteiger partial charge in [0.25, 0.3) is 0 Å². The van der Waals surface area contributed by atoms with Crippen LogP contribution in [0.15, 0.2) is 11.3 Å². The summed E-state index contributed by atoms with van der Waals surface area (Å²) in [7, 11) is 1.82. The van der Waals surface area contributed by atoms with Crippen molar-refractivity contribution in [3.05, 3.63) is 12.2 Å². The molecule has 138 valence electrons. The molecule has 0 aliphatic carbocycles. The van der Waals surface area contributed by atoms with Crippen LogP contribution in [0.25, 0.3) is 0 Å². The highest BCUT2D eigenvalue weighted by Gasteiger charge is 2.05. The lowest BCUT2D eigenvalue weighted by molar-refractivity contribution is 0.476. The maximum Gasteiger partial charge on any atom is 0.191 e. The molecule has 6 heteroatoms. The van der Waals surface area contributed by atoms with E-state index in [0.717, 1.165) is 37.8 Å². The third-order valence-corrected chi connectivity index (χ3v) is 4.30. The molecule has 6 nitrogen and oxygen atoms in total. The van der Waals surface area contributed by atoms with Crippen molar-refractivity contribution >= 4 is 5.96 Å². The Morgan fingerprint density at radius 3 is 2.71 bits per heavy atom. The Morgan fingerprint density at radius 2 is 2.00 bits per heavy atom. The first-order chi connectivity index (χ1) is 11.7. The Kier molecular flexibility index (Phi) is 10.9. The van der Waals surface area contributed by atoms with Crippen molar-refractivity contribution in [1.29, 1.82) is 0 Å². The molecule has 1 unspecified atom stereocenters. The summed E-state index contributed by atoms with van der Waals surface area (Å²) in [4.78, 5) is 4.30. The quantitative estimate of drug-likeness (QED) is 0.350. The third kappa shape index (κ3) is 8.31. The second-order valence-corrected chi connectivity index (χ2v) is 6.48. The molecule has 1 aromatic heterocycles. The van der Waals surface area contributed by atoms with Gasteiger partial charge < -0.3 is 15.2 Å². The molecule has 0 saturated heterocycles. The summed E-state index contributed by atoms with van der Waals surface area (Å²) in [6.45, 7) is 9.31. The largest absolute Gasteiger partial charge is 0.356 e. The minimum absolute atomic E-state index is 0.676. The number of rotatable bonds is 12. The fraction of sp³-hybridized carbons (Fsp3) is 0.833. The number of unbranched alkanes of at least 4 members (excludes halogenated alkanes) is 4. The number of nitrogens with one attached hydrogen (secondary N) is 2. The van der Waals surface area contributed by atoms with E-state index in [1.54, 1.807) is 6.33 Å². The molecule has 0 aliphatic rings. The summed E-state index contributed by atoms with van der Waals surface area (Å²) in [5, 5.41) is 14.8. The van der Waals surface area contributed by atoms with Crippen LogP contribution in [-0.2, 0) is 13.0 Å². The summed E-state index contributed by atoms with van der Waals surface area (Å²) in [6.07, 6.45) is 10.7. The van der Waals surface area contributed by atoms with Crippen LogP contribution in [0.1, 0.15) is 65.1 Å². The van der Waals surface area contributed by atoms with Crippen molar-refractivity contribution in [3.8, 4) is 0 Å². The molecule has 0 aliphatic heterocycles. The van der Waals surface area contributed by atoms with Crippen LogP contribution in [0.3, 0.4) is 0 Å². The summed E-state index contributed by atoms with van der Waals surface area (Å²) in [5.74, 6) is 2.57. The molecule has 24 heavy (non-hydrogen) atoms. The molecule has 0 amide bonds. The Bertz CT molecular complexity index is 454. The predicted octanol–water partition coefficient (Wildman–Crippen LogP) is 3.00. The minimum atomic E-state index is 0.676. The molecular weight excluding hydrogens is 300 g/mol. The number of aliphatic imine (C=N–C) groups is 1. The van der Waals surface area contributed by atoms with Crippen LogP contribution in [0, 0.1) is 5.92 Å². The van der Waals surface area contributed by atoms with Crippen LogP contribution in [0.5, 0.6) is 0 Å². The van der Waals surface area contributed by atoms with Crippen molar-refractivity contribution in [2.75, 3.05) is 20.1 Å². The number of nitrogens with zero attached hydrogens (tertiary/aromatic N) is 4. The first kappa shape index (κ1) is 20.5. The molecule has 0 fully saturated rings. The summed E-state index contributed by atoms with van der Waals surface area (Å²) >= 11 is 0. The van der Waals surface area contributed by atoms with Gasteiger partial charge in [-0.25, -0.2) is 0 Å². The molecule has 0 radical (unpaired) electrons. The first-order valence-electron chi connectivity index (χ1n) is 9.52. The van der Waals surface area contributed by atoms with Crippen molar-refractivity contribution < 1.29 is 0 Å². The van der Waals surface area contributed by atoms with Crippen LogP contribution < -0.4 is 10.6 Å². The average Bonchev–Trinajstić information content (AvgIpc) is 3.05. The number of guanidine groups is 1. The zero-order valence-electron chi connectivity index (χ0n) is 16.0. The number of hydrogen-bond donors (Lipinski definition) is 2. The molecular formula is C18H36N6. The molecule has 1 rings (SSSR count). The third-order valence-electron chi connectivity index (χ3n) is 4.30. The van der Waals surface area contributed by atoms with Crippen LogP contribution in [0.2, 0.25) is 0 Å². The highest BCUT2D eigenvalue weighted by molar-refractivity contribution is 5.79. The lowest BCUT2D eigenvalue weighted by atomic mass is 10.0. The first-order valence-corrected chi connectivity index (χ1v) is 9.52. The van der Waals surface area contributed by atoms with E-state index in [1.165, 1.54) is 38.5 Å². The predicted molar refractivity (Wildman–Crippen MR) is 101 cm³/mol. The van der Waals surface area contributed by atoms with Crippen LogP contribution in [-0.4, -0.2) is 40.9 Å². The second-order valence-electron chi connectivity index (χ2n) is 6.48. The fourth-order valence-electron chi connectivity index (χ4n) is 2.72. The van der Waals surface area contributed by atoms with Crippen LogP contribution in [0.4, 0.5) is 0 Å². The van der Waals surface area contributed by atoms with Gasteiger partial charge in [0.2, 0.25) is 0 Å². The smallest absolute Gasteiger partial charge is 0.191 e. The highest BCUT2D eigenvalue weighted by Crippen LogP contribution is 2.10. The van der Waals surface area contributed by atoms with Crippen molar-refractivity contribution in [3.63, 3.8) is 0 Å². The van der Waals surface area contributed by atoms with Gasteiger partial charge in [-0.15, -0.1) is 10.2 Å². The van der Waals surface area contributed by atoms with Crippen LogP contribution >= 0.6 is 0 Å². The molecule has 2 N–H and O–H groups in total. The average molecular weight is 337 g/mol. The lowest BCUT2D eigenvalue weighted by Crippen LogP contribution is -2.40. The van der Waals surface area contributed by atoms with Gasteiger partial charge in [0.05, 0.1) is 0 Å². The van der Waals surface area contributed by atoms with Gasteiger partial charge in [-0.1, -0.05) is 52.9 Å². The van der Waals surface area contributed by atoms with E-state index in [-0.39, 0.29) is 0 Å². The molecule has 1 heterocycles. The Labute approximate surface area is 147 Å². The van der Waals surface area contributed by atoms with E-state index in [0.29, 0.717) is 5.92 Å². The van der Waals surface area contributed by atoms with E-state index < -0.39 is 0 Å². The fourth-order valence-corrected chi connectivity index (χ4v) is 2.72. The van der Waals surface area contributed by atoms with E-state index >= 15 is 0 Å². The van der Waals surface area contributed by atoms with Crippen molar-refractivity contribution in [2.45, 2.75) is 72.3 Å². The van der Waals surface area contributed by atoms with E-state index in [2.05, 4.69) is 51.2 Å². The second kappa shape index (κ2) is 12.8. The highest BCUT2D eigenvalue weighted by atomic mass is 15.3. The summed E-state index contributed by atoms with van der Waals surface area (Å²) in [6, 6.07) is 0. The lowest BCUT2D eigenvalue weighted by Gasteiger charge is -2.16. The van der Waals surface area contributed by atoms with Gasteiger partial charge in [-0.3, -0.25) is 4.99 Å².